The summed E-state index contributed by atoms with van der Waals surface area (Å²) in [6.07, 6.45) is 3.01. The molecule has 146 valence electrons. The van der Waals surface area contributed by atoms with Crippen molar-refractivity contribution < 1.29 is 14.3 Å². The number of anilines is 1. The molecule has 1 fully saturated rings. The number of halogens is 1. The van der Waals surface area contributed by atoms with Gasteiger partial charge in [-0.3, -0.25) is 19.0 Å². The van der Waals surface area contributed by atoms with Crippen molar-refractivity contribution in [3.05, 3.63) is 28.8 Å². The average Bonchev–Trinajstić information content (AvgIpc) is 3.24. The number of nitrogens with one attached hydrogen (secondary N) is 1. The third-order valence-corrected chi connectivity index (χ3v) is 5.00. The molecule has 0 aromatic carbocycles. The van der Waals surface area contributed by atoms with E-state index in [2.05, 4.69) is 15.5 Å². The van der Waals surface area contributed by atoms with E-state index < -0.39 is 6.04 Å². The summed E-state index contributed by atoms with van der Waals surface area (Å²) in [7, 11) is 0. The number of nitrogens with zero attached hydrogens (tertiary/aromatic N) is 5. The van der Waals surface area contributed by atoms with E-state index in [0.717, 1.165) is 0 Å². The van der Waals surface area contributed by atoms with Crippen LogP contribution in [0.25, 0.3) is 0 Å². The number of carbonyl (C=O) groups excluding carboxylic acids is 2. The van der Waals surface area contributed by atoms with Gasteiger partial charge in [-0.15, -0.1) is 0 Å². The van der Waals surface area contributed by atoms with Crippen molar-refractivity contribution >= 4 is 29.1 Å². The Balaban J connectivity index is 1.82. The smallest absolute Gasteiger partial charge is 0.274 e. The third kappa shape index (κ3) is 3.84. The van der Waals surface area contributed by atoms with Crippen molar-refractivity contribution in [2.75, 3.05) is 31.6 Å². The molecule has 1 aliphatic rings. The van der Waals surface area contributed by atoms with E-state index in [1.807, 2.05) is 6.92 Å². The molecule has 27 heavy (non-hydrogen) atoms. The fourth-order valence-corrected chi connectivity index (χ4v) is 3.13. The molecule has 1 saturated heterocycles. The van der Waals surface area contributed by atoms with Crippen LogP contribution in [0.3, 0.4) is 0 Å². The van der Waals surface area contributed by atoms with Crippen LogP contribution >= 0.6 is 11.6 Å². The number of amides is 2. The molecule has 2 amide bonds. The van der Waals surface area contributed by atoms with Crippen molar-refractivity contribution in [1.82, 2.24) is 24.5 Å². The van der Waals surface area contributed by atoms with E-state index in [1.165, 1.54) is 12.4 Å². The molecule has 1 aliphatic heterocycles. The largest absolute Gasteiger partial charge is 0.378 e. The Morgan fingerprint density at radius 1 is 1.30 bits per heavy atom. The standard InChI is InChI=1S/C17H23ClN6O3/c1-4-23-15(17(26)22-5-7-27-8-6-22)14(10-19-23)21-16(25)12(3)24-11(2)13(18)9-20-24/h9-10,12H,4-8H2,1-3H3,(H,21,25)/t12-/m0/s1. The summed E-state index contributed by atoms with van der Waals surface area (Å²) in [4.78, 5) is 27.4. The van der Waals surface area contributed by atoms with Gasteiger partial charge in [0.15, 0.2) is 0 Å². The normalized spacial score (nSPS) is 15.6. The van der Waals surface area contributed by atoms with Crippen LogP contribution in [0.15, 0.2) is 12.4 Å². The fourth-order valence-electron chi connectivity index (χ4n) is 3.00. The molecule has 9 nitrogen and oxygen atoms in total. The molecule has 10 heteroatoms. The number of morpholine rings is 1. The van der Waals surface area contributed by atoms with Crippen molar-refractivity contribution in [3.63, 3.8) is 0 Å². The molecule has 0 bridgehead atoms. The van der Waals surface area contributed by atoms with Gasteiger partial charge >= 0.3 is 0 Å². The number of hydrogen-bond donors (Lipinski definition) is 1. The number of ether oxygens (including phenoxy) is 1. The molecular formula is C17H23ClN6O3. The zero-order valence-corrected chi connectivity index (χ0v) is 16.4. The van der Waals surface area contributed by atoms with Crippen LogP contribution in [0.4, 0.5) is 5.69 Å². The van der Waals surface area contributed by atoms with Crippen LogP contribution in [0.5, 0.6) is 0 Å². The Morgan fingerprint density at radius 3 is 2.59 bits per heavy atom. The molecule has 0 radical (unpaired) electrons. The van der Waals surface area contributed by atoms with Gasteiger partial charge in [0.2, 0.25) is 5.91 Å². The quantitative estimate of drug-likeness (QED) is 0.833. The Kier molecular flexibility index (Phi) is 5.81. The number of rotatable bonds is 5. The zero-order valence-electron chi connectivity index (χ0n) is 15.6. The molecule has 2 aromatic heterocycles. The van der Waals surface area contributed by atoms with Gasteiger partial charge in [0.25, 0.3) is 5.91 Å². The average molecular weight is 395 g/mol. The second kappa shape index (κ2) is 8.10. The molecule has 1 N–H and O–H groups in total. The van der Waals surface area contributed by atoms with E-state index >= 15 is 0 Å². The van der Waals surface area contributed by atoms with E-state index in [0.29, 0.717) is 54.9 Å². The van der Waals surface area contributed by atoms with Crippen molar-refractivity contribution in [2.45, 2.75) is 33.4 Å². The van der Waals surface area contributed by atoms with E-state index in [1.54, 1.807) is 28.1 Å². The van der Waals surface area contributed by atoms with E-state index in [-0.39, 0.29) is 11.8 Å². The summed E-state index contributed by atoms with van der Waals surface area (Å²) in [5, 5.41) is 11.7. The van der Waals surface area contributed by atoms with Gasteiger partial charge in [-0.2, -0.15) is 10.2 Å². The van der Waals surface area contributed by atoms with Gasteiger partial charge in [-0.1, -0.05) is 11.6 Å². The van der Waals surface area contributed by atoms with E-state index in [9.17, 15) is 9.59 Å². The van der Waals surface area contributed by atoms with Crippen molar-refractivity contribution in [2.24, 2.45) is 0 Å². The van der Waals surface area contributed by atoms with Gasteiger partial charge in [0, 0.05) is 19.6 Å². The predicted octanol–water partition coefficient (Wildman–Crippen LogP) is 1.73. The van der Waals surface area contributed by atoms with Gasteiger partial charge in [0.1, 0.15) is 11.7 Å². The first-order valence-electron chi connectivity index (χ1n) is 8.87. The maximum atomic E-state index is 13.0. The van der Waals surface area contributed by atoms with Gasteiger partial charge in [-0.05, 0) is 20.8 Å². The summed E-state index contributed by atoms with van der Waals surface area (Å²) < 4.78 is 8.44. The number of aryl methyl sites for hydroxylation is 1. The molecule has 0 saturated carbocycles. The van der Waals surface area contributed by atoms with Crippen molar-refractivity contribution in [3.8, 4) is 0 Å². The first-order chi connectivity index (χ1) is 12.9. The lowest BCUT2D eigenvalue weighted by Crippen LogP contribution is -2.42. The number of aromatic nitrogens is 4. The molecule has 0 spiro atoms. The van der Waals surface area contributed by atoms with Crippen LogP contribution in [-0.2, 0) is 16.1 Å². The van der Waals surface area contributed by atoms with Crippen LogP contribution in [0.1, 0.15) is 36.1 Å². The lowest BCUT2D eigenvalue weighted by molar-refractivity contribution is -0.119. The minimum absolute atomic E-state index is 0.168. The van der Waals surface area contributed by atoms with Gasteiger partial charge < -0.3 is 15.0 Å². The highest BCUT2D eigenvalue weighted by molar-refractivity contribution is 6.31. The predicted molar refractivity (Wildman–Crippen MR) is 99.9 cm³/mol. The maximum Gasteiger partial charge on any atom is 0.274 e. The molecule has 0 aliphatic carbocycles. The second-order valence-corrected chi connectivity index (χ2v) is 6.72. The van der Waals surface area contributed by atoms with Crippen LogP contribution < -0.4 is 5.32 Å². The topological polar surface area (TPSA) is 94.3 Å². The minimum atomic E-state index is -0.589. The second-order valence-electron chi connectivity index (χ2n) is 6.31. The third-order valence-electron chi connectivity index (χ3n) is 4.63. The highest BCUT2D eigenvalue weighted by atomic mass is 35.5. The Bertz CT molecular complexity index is 840. The highest BCUT2D eigenvalue weighted by Gasteiger charge is 2.27. The fraction of sp³-hybridized carbons (Fsp3) is 0.529. The first kappa shape index (κ1) is 19.4. The molecule has 1 atom stereocenters. The van der Waals surface area contributed by atoms with Crippen LogP contribution in [0, 0.1) is 6.92 Å². The summed E-state index contributed by atoms with van der Waals surface area (Å²) in [5.74, 6) is -0.469. The molecule has 2 aromatic rings. The van der Waals surface area contributed by atoms with Crippen LogP contribution in [0.2, 0.25) is 5.02 Å². The van der Waals surface area contributed by atoms with Gasteiger partial charge in [0.05, 0.1) is 42.0 Å². The monoisotopic (exact) mass is 394 g/mol. The number of carbonyl (C=O) groups is 2. The van der Waals surface area contributed by atoms with Crippen LogP contribution in [-0.4, -0.2) is 62.6 Å². The van der Waals surface area contributed by atoms with E-state index in [4.69, 9.17) is 16.3 Å². The molecule has 3 heterocycles. The molecular weight excluding hydrogens is 372 g/mol. The lowest BCUT2D eigenvalue weighted by Gasteiger charge is -2.27. The SMILES string of the molecule is CCn1ncc(NC(=O)[C@H](C)n2ncc(Cl)c2C)c1C(=O)N1CCOCC1. The molecule has 3 rings (SSSR count). The maximum absolute atomic E-state index is 13.0. The number of hydrogen-bond acceptors (Lipinski definition) is 5. The summed E-state index contributed by atoms with van der Waals surface area (Å²) >= 11 is 6.02. The van der Waals surface area contributed by atoms with Gasteiger partial charge in [-0.25, -0.2) is 0 Å². The summed E-state index contributed by atoms with van der Waals surface area (Å²) in [6, 6.07) is -0.589. The Hall–Kier alpha value is -2.39. The first-order valence-corrected chi connectivity index (χ1v) is 9.25. The highest BCUT2D eigenvalue weighted by Crippen LogP contribution is 2.22. The Morgan fingerprint density at radius 2 is 2.00 bits per heavy atom. The van der Waals surface area contributed by atoms with Crippen molar-refractivity contribution in [1.29, 1.82) is 0 Å². The Labute approximate surface area is 162 Å². The lowest BCUT2D eigenvalue weighted by atomic mass is 10.2. The summed E-state index contributed by atoms with van der Waals surface area (Å²) in [6.45, 7) is 7.97. The zero-order chi connectivity index (χ0) is 19.6. The summed E-state index contributed by atoms with van der Waals surface area (Å²) in [5.41, 5.74) is 1.46. The minimum Gasteiger partial charge on any atom is -0.378 e. The molecule has 0 unspecified atom stereocenters.